The number of quaternary nitrogens is 1. The largest absolute Gasteiger partial charge is 0.443 e. The van der Waals surface area contributed by atoms with Crippen LogP contribution in [-0.2, 0) is 0 Å². The van der Waals surface area contributed by atoms with Crippen molar-refractivity contribution < 1.29 is 9.41 Å². The van der Waals surface area contributed by atoms with Gasteiger partial charge in [-0.05, 0) is 38.8 Å². The molecular formula is C26H52N4O2. The number of hydrogen-bond donors (Lipinski definition) is 0. The number of aromatic nitrogens is 2. The van der Waals surface area contributed by atoms with Crippen LogP contribution < -0.4 is 4.98 Å². The number of rotatable bonds is 19. The first kappa shape index (κ1) is 30.6. The van der Waals surface area contributed by atoms with Crippen molar-refractivity contribution in [1.29, 1.82) is 0 Å². The topological polar surface area (TPSA) is 70.1 Å². The third-order valence-electron chi connectivity index (χ3n) is 6.06. The Morgan fingerprint density at radius 2 is 1.16 bits per heavy atom. The third kappa shape index (κ3) is 19.3. The Kier molecular flexibility index (Phi) is 19.3. The predicted molar refractivity (Wildman–Crippen MR) is 136 cm³/mol. The van der Waals surface area contributed by atoms with Crippen LogP contribution in [0.4, 0.5) is 5.82 Å². The van der Waals surface area contributed by atoms with Gasteiger partial charge in [0.2, 0.25) is 0 Å². The first-order valence-corrected chi connectivity index (χ1v) is 13.2. The summed E-state index contributed by atoms with van der Waals surface area (Å²) in [6.45, 7) is 8.96. The van der Waals surface area contributed by atoms with Crippen molar-refractivity contribution in [3.8, 4) is 0 Å². The van der Waals surface area contributed by atoms with Crippen LogP contribution in [0.2, 0.25) is 0 Å². The summed E-state index contributed by atoms with van der Waals surface area (Å²) in [6, 6.07) is 0. The smallest absolute Gasteiger partial charge is 0.159 e. The number of nitro groups is 1. The molecule has 188 valence electrons. The summed E-state index contributed by atoms with van der Waals surface area (Å²) in [6.07, 6.45) is 24.2. The molecule has 0 bridgehead atoms. The Balaban J connectivity index is 0.000000879. The lowest BCUT2D eigenvalue weighted by Gasteiger charge is -2.30. The Labute approximate surface area is 198 Å². The van der Waals surface area contributed by atoms with E-state index in [0.29, 0.717) is 5.82 Å². The average Bonchev–Trinajstić information content (AvgIpc) is 3.19. The van der Waals surface area contributed by atoms with Crippen molar-refractivity contribution in [2.75, 3.05) is 27.2 Å². The lowest BCUT2D eigenvalue weighted by molar-refractivity contribution is -0.890. The molecule has 1 rings (SSSR count). The average molecular weight is 453 g/mol. The van der Waals surface area contributed by atoms with Crippen molar-refractivity contribution in [2.24, 2.45) is 0 Å². The summed E-state index contributed by atoms with van der Waals surface area (Å²) < 4.78 is 1.24. The molecule has 0 atom stereocenters. The number of nitrogens with zero attached hydrogens (tertiary/aromatic N) is 4. The van der Waals surface area contributed by atoms with E-state index in [2.05, 4.69) is 37.9 Å². The molecule has 1 aromatic rings. The molecule has 0 spiro atoms. The van der Waals surface area contributed by atoms with E-state index in [-0.39, 0.29) is 5.82 Å². The van der Waals surface area contributed by atoms with Crippen LogP contribution in [0.1, 0.15) is 122 Å². The summed E-state index contributed by atoms with van der Waals surface area (Å²) in [7, 11) is 4.87. The maximum atomic E-state index is 9.92. The molecule has 0 unspecified atom stereocenters. The number of aryl methyl sites for hydroxylation is 1. The van der Waals surface area contributed by atoms with E-state index in [1.807, 2.05) is 0 Å². The van der Waals surface area contributed by atoms with Crippen molar-refractivity contribution in [1.82, 2.24) is 9.97 Å². The van der Waals surface area contributed by atoms with Gasteiger partial charge in [-0.3, -0.25) is 0 Å². The molecule has 0 aromatic carbocycles. The quantitative estimate of drug-likeness (QED) is 0.0937. The molecule has 0 amide bonds. The number of hydrogen-bond acceptors (Lipinski definition) is 3. The van der Waals surface area contributed by atoms with Crippen LogP contribution in [0.5, 0.6) is 0 Å². The summed E-state index contributed by atoms with van der Waals surface area (Å²) in [5.74, 6) is 0.245. The van der Waals surface area contributed by atoms with E-state index in [1.54, 1.807) is 6.92 Å². The third-order valence-corrected chi connectivity index (χ3v) is 6.06. The van der Waals surface area contributed by atoms with Crippen LogP contribution in [0, 0.1) is 17.0 Å². The molecule has 0 fully saturated rings. The van der Waals surface area contributed by atoms with E-state index in [1.165, 1.54) is 120 Å². The molecule has 0 N–H and O–H groups in total. The normalized spacial score (nSPS) is 11.3. The van der Waals surface area contributed by atoms with Crippen molar-refractivity contribution in [3.05, 3.63) is 22.1 Å². The van der Waals surface area contributed by atoms with Gasteiger partial charge in [0.05, 0.1) is 27.2 Å². The Bertz CT molecular complexity index is 536. The SMILES string of the molecule is CCCCCCCCCC[N+](C)(C)CCCCCCCCCC.Cc1nc([N+](=O)[O-])c[n-]1. The molecule has 0 aliphatic rings. The van der Waals surface area contributed by atoms with Gasteiger partial charge in [0.25, 0.3) is 0 Å². The second-order valence-corrected chi connectivity index (χ2v) is 9.87. The highest BCUT2D eigenvalue weighted by Gasteiger charge is 2.13. The maximum Gasteiger partial charge on any atom is 0.159 e. The van der Waals surface area contributed by atoms with Gasteiger partial charge >= 0.3 is 0 Å². The van der Waals surface area contributed by atoms with Crippen molar-refractivity contribution in [3.63, 3.8) is 0 Å². The van der Waals surface area contributed by atoms with E-state index >= 15 is 0 Å². The molecule has 32 heavy (non-hydrogen) atoms. The maximum absolute atomic E-state index is 9.92. The first-order chi connectivity index (χ1) is 15.3. The minimum atomic E-state index is -0.569. The fraction of sp³-hybridized carbons (Fsp3) is 0.885. The minimum Gasteiger partial charge on any atom is -0.443 e. The molecule has 1 heterocycles. The van der Waals surface area contributed by atoms with E-state index in [9.17, 15) is 10.1 Å². The highest BCUT2D eigenvalue weighted by Crippen LogP contribution is 2.13. The molecule has 0 aliphatic heterocycles. The summed E-state index contributed by atoms with van der Waals surface area (Å²) >= 11 is 0. The van der Waals surface area contributed by atoms with E-state index in [4.69, 9.17) is 0 Å². The Morgan fingerprint density at radius 3 is 1.44 bits per heavy atom. The monoisotopic (exact) mass is 452 g/mol. The molecule has 0 aliphatic carbocycles. The van der Waals surface area contributed by atoms with Crippen molar-refractivity contribution >= 4 is 5.82 Å². The standard InChI is InChI=1S/C22H48N.C4H4N3O2/c1-5-7-9-11-13-15-17-19-21-23(3,4)22-20-18-16-14-12-10-8-6-2;1-3-5-2-4(6-3)7(8)9/h5-22H2,1-4H3;2H,1H3/q+1;-1. The molecule has 6 heteroatoms. The van der Waals surface area contributed by atoms with Crippen LogP contribution in [-0.4, -0.2) is 41.6 Å². The second kappa shape index (κ2) is 20.2. The van der Waals surface area contributed by atoms with Gasteiger partial charge in [-0.25, -0.2) is 0 Å². The summed E-state index contributed by atoms with van der Waals surface area (Å²) in [5.41, 5.74) is 0. The molecule has 0 radical (unpaired) electrons. The molecule has 0 saturated carbocycles. The van der Waals surface area contributed by atoms with Crippen molar-refractivity contribution in [2.45, 2.75) is 124 Å². The van der Waals surface area contributed by atoms with Gasteiger partial charge in [-0.1, -0.05) is 102 Å². The van der Waals surface area contributed by atoms with E-state index in [0.717, 1.165) is 6.20 Å². The Hall–Kier alpha value is -1.43. The highest BCUT2D eigenvalue weighted by atomic mass is 16.6. The summed E-state index contributed by atoms with van der Waals surface area (Å²) in [4.78, 5) is 16.4. The molecule has 6 nitrogen and oxygen atoms in total. The van der Waals surface area contributed by atoms with Gasteiger partial charge in [0, 0.05) is 0 Å². The van der Waals surface area contributed by atoms with E-state index < -0.39 is 4.92 Å². The van der Waals surface area contributed by atoms with Gasteiger partial charge in [0.1, 0.15) is 0 Å². The van der Waals surface area contributed by atoms with Gasteiger partial charge in [-0.15, -0.1) is 0 Å². The fourth-order valence-electron chi connectivity index (χ4n) is 3.92. The molecule has 0 saturated heterocycles. The zero-order valence-corrected chi connectivity index (χ0v) is 21.9. The molecule has 1 aromatic heterocycles. The second-order valence-electron chi connectivity index (χ2n) is 9.87. The predicted octanol–water partition coefficient (Wildman–Crippen LogP) is 7.60. The lowest BCUT2D eigenvalue weighted by Crippen LogP contribution is -2.41. The zero-order chi connectivity index (χ0) is 24.1. The minimum absolute atomic E-state index is 0.187. The number of unbranched alkanes of at least 4 members (excludes halogenated alkanes) is 14. The fourth-order valence-corrected chi connectivity index (χ4v) is 3.92. The van der Waals surface area contributed by atoms with Gasteiger partial charge in [0.15, 0.2) is 5.82 Å². The zero-order valence-electron chi connectivity index (χ0n) is 21.9. The van der Waals surface area contributed by atoms with Crippen LogP contribution in [0.25, 0.3) is 0 Å². The molecular weight excluding hydrogens is 400 g/mol. The summed E-state index contributed by atoms with van der Waals surface area (Å²) in [5, 5.41) is 9.92. The highest BCUT2D eigenvalue weighted by molar-refractivity contribution is 5.13. The first-order valence-electron chi connectivity index (χ1n) is 13.2. The van der Waals surface area contributed by atoms with Crippen LogP contribution in [0.15, 0.2) is 6.20 Å². The van der Waals surface area contributed by atoms with Gasteiger partial charge < -0.3 is 24.6 Å². The van der Waals surface area contributed by atoms with Gasteiger partial charge in [-0.2, -0.15) is 0 Å². The Morgan fingerprint density at radius 1 is 0.781 bits per heavy atom. The van der Waals surface area contributed by atoms with Crippen LogP contribution in [0.3, 0.4) is 0 Å². The van der Waals surface area contributed by atoms with Crippen LogP contribution >= 0.6 is 0 Å². The number of imidazole rings is 1. The lowest BCUT2D eigenvalue weighted by atomic mass is 10.1.